The molecular formula is C17H28N4. The first kappa shape index (κ1) is 14.8. The highest BCUT2D eigenvalue weighted by Crippen LogP contribution is 2.23. The van der Waals surface area contributed by atoms with Gasteiger partial charge in [-0.2, -0.15) is 0 Å². The lowest BCUT2D eigenvalue weighted by molar-refractivity contribution is 0.247. The molecule has 1 aromatic rings. The number of aromatic nitrogens is 2. The normalized spacial score (nSPS) is 20.6. The van der Waals surface area contributed by atoms with E-state index in [1.807, 2.05) is 0 Å². The molecule has 1 aromatic heterocycles. The maximum atomic E-state index is 4.86. The Hall–Kier alpha value is -1.16. The van der Waals surface area contributed by atoms with E-state index in [0.29, 0.717) is 0 Å². The fourth-order valence-electron chi connectivity index (χ4n) is 3.30. The lowest BCUT2D eigenvalue weighted by atomic mass is 9.99. The van der Waals surface area contributed by atoms with Crippen molar-refractivity contribution in [3.8, 4) is 0 Å². The van der Waals surface area contributed by atoms with Crippen LogP contribution in [0, 0.1) is 5.92 Å². The van der Waals surface area contributed by atoms with Gasteiger partial charge < -0.3 is 4.90 Å². The van der Waals surface area contributed by atoms with Gasteiger partial charge in [0.25, 0.3) is 0 Å². The molecule has 0 N–H and O–H groups in total. The molecule has 2 aliphatic heterocycles. The van der Waals surface area contributed by atoms with Crippen LogP contribution in [-0.2, 0) is 13.0 Å². The van der Waals surface area contributed by atoms with E-state index in [9.17, 15) is 0 Å². The molecule has 2 aliphatic rings. The van der Waals surface area contributed by atoms with Crippen LogP contribution in [0.3, 0.4) is 0 Å². The molecule has 0 bridgehead atoms. The predicted molar refractivity (Wildman–Crippen MR) is 86.5 cm³/mol. The molecule has 1 saturated heterocycles. The molecule has 3 rings (SSSR count). The standard InChI is InChI=1S/C17H28N4/c1-3-4-8-20-9-7-16-15(13-20)12-18-17(19-16)21-10-5-14(2)6-11-21/h12,14H,3-11,13H2,1-2H3. The molecule has 0 spiro atoms. The molecule has 4 nitrogen and oxygen atoms in total. The van der Waals surface area contributed by atoms with Gasteiger partial charge in [-0.05, 0) is 31.7 Å². The molecule has 3 heterocycles. The number of fused-ring (bicyclic) bond motifs is 1. The third-order valence-electron chi connectivity index (χ3n) is 4.89. The van der Waals surface area contributed by atoms with E-state index in [1.54, 1.807) is 0 Å². The predicted octanol–water partition coefficient (Wildman–Crippen LogP) is 2.87. The zero-order valence-corrected chi connectivity index (χ0v) is 13.5. The van der Waals surface area contributed by atoms with Gasteiger partial charge in [-0.1, -0.05) is 20.3 Å². The Kier molecular flexibility index (Phi) is 4.73. The number of hydrogen-bond donors (Lipinski definition) is 0. The summed E-state index contributed by atoms with van der Waals surface area (Å²) in [6.07, 6.45) is 8.26. The van der Waals surface area contributed by atoms with E-state index >= 15 is 0 Å². The lowest BCUT2D eigenvalue weighted by Gasteiger charge is -2.32. The average molecular weight is 288 g/mol. The van der Waals surface area contributed by atoms with Gasteiger partial charge in [-0.15, -0.1) is 0 Å². The fraction of sp³-hybridized carbons (Fsp3) is 0.765. The summed E-state index contributed by atoms with van der Waals surface area (Å²) >= 11 is 0. The first-order chi connectivity index (χ1) is 10.3. The van der Waals surface area contributed by atoms with E-state index in [-0.39, 0.29) is 0 Å². The highest BCUT2D eigenvalue weighted by molar-refractivity contribution is 5.34. The minimum absolute atomic E-state index is 0.853. The second-order valence-corrected chi connectivity index (χ2v) is 6.69. The van der Waals surface area contributed by atoms with Gasteiger partial charge in [-0.25, -0.2) is 9.97 Å². The van der Waals surface area contributed by atoms with Crippen LogP contribution in [0.15, 0.2) is 6.20 Å². The van der Waals surface area contributed by atoms with Crippen molar-refractivity contribution in [3.63, 3.8) is 0 Å². The van der Waals surface area contributed by atoms with Gasteiger partial charge in [0.15, 0.2) is 0 Å². The van der Waals surface area contributed by atoms with Crippen LogP contribution in [0.25, 0.3) is 0 Å². The Morgan fingerprint density at radius 2 is 2.05 bits per heavy atom. The summed E-state index contributed by atoms with van der Waals surface area (Å²) in [6, 6.07) is 0. The quantitative estimate of drug-likeness (QED) is 0.853. The molecule has 0 aliphatic carbocycles. The van der Waals surface area contributed by atoms with Crippen LogP contribution in [0.1, 0.15) is 50.8 Å². The Morgan fingerprint density at radius 3 is 2.81 bits per heavy atom. The van der Waals surface area contributed by atoms with Gasteiger partial charge in [0.2, 0.25) is 5.95 Å². The molecule has 0 aromatic carbocycles. The molecule has 4 heteroatoms. The van der Waals surface area contributed by atoms with E-state index in [2.05, 4.69) is 34.8 Å². The van der Waals surface area contributed by atoms with Crippen LogP contribution in [-0.4, -0.2) is 41.0 Å². The molecule has 0 amide bonds. The van der Waals surface area contributed by atoms with Crippen molar-refractivity contribution in [2.75, 3.05) is 31.1 Å². The molecule has 21 heavy (non-hydrogen) atoms. The Balaban J connectivity index is 1.66. The van der Waals surface area contributed by atoms with E-state index in [1.165, 1.54) is 43.5 Å². The molecular weight excluding hydrogens is 260 g/mol. The van der Waals surface area contributed by atoms with Crippen LogP contribution >= 0.6 is 0 Å². The van der Waals surface area contributed by atoms with Gasteiger partial charge in [-0.3, -0.25) is 4.90 Å². The average Bonchev–Trinajstić information content (AvgIpc) is 2.53. The first-order valence-electron chi connectivity index (χ1n) is 8.58. The maximum absolute atomic E-state index is 4.86. The molecule has 0 atom stereocenters. The molecule has 116 valence electrons. The molecule has 0 saturated carbocycles. The van der Waals surface area contributed by atoms with E-state index < -0.39 is 0 Å². The third kappa shape index (κ3) is 3.54. The van der Waals surface area contributed by atoms with Crippen molar-refractivity contribution in [1.82, 2.24) is 14.9 Å². The lowest BCUT2D eigenvalue weighted by Crippen LogP contribution is -2.36. The maximum Gasteiger partial charge on any atom is 0.225 e. The molecule has 0 unspecified atom stereocenters. The van der Waals surface area contributed by atoms with Gasteiger partial charge in [0.1, 0.15) is 0 Å². The number of unbranched alkanes of at least 4 members (excludes halogenated alkanes) is 1. The Morgan fingerprint density at radius 1 is 1.24 bits per heavy atom. The van der Waals surface area contributed by atoms with Gasteiger partial charge >= 0.3 is 0 Å². The highest BCUT2D eigenvalue weighted by atomic mass is 15.3. The van der Waals surface area contributed by atoms with Crippen LogP contribution < -0.4 is 4.90 Å². The molecule has 1 fully saturated rings. The zero-order valence-electron chi connectivity index (χ0n) is 13.5. The summed E-state index contributed by atoms with van der Waals surface area (Å²) in [4.78, 5) is 14.4. The third-order valence-corrected chi connectivity index (χ3v) is 4.89. The SMILES string of the molecule is CCCCN1CCc2nc(N3CCC(C)CC3)ncc2C1. The van der Waals surface area contributed by atoms with Crippen LogP contribution in [0.2, 0.25) is 0 Å². The Labute approximate surface area is 128 Å². The minimum Gasteiger partial charge on any atom is -0.341 e. The van der Waals surface area contributed by atoms with Crippen molar-refractivity contribution in [2.45, 2.75) is 52.5 Å². The largest absolute Gasteiger partial charge is 0.341 e. The molecule has 0 radical (unpaired) electrons. The number of anilines is 1. The second kappa shape index (κ2) is 6.73. The summed E-state index contributed by atoms with van der Waals surface area (Å²) in [6.45, 7) is 10.2. The van der Waals surface area contributed by atoms with Crippen LogP contribution in [0.5, 0.6) is 0 Å². The highest BCUT2D eigenvalue weighted by Gasteiger charge is 2.21. The van der Waals surface area contributed by atoms with Crippen molar-refractivity contribution >= 4 is 5.95 Å². The van der Waals surface area contributed by atoms with Gasteiger partial charge in [0, 0.05) is 44.4 Å². The monoisotopic (exact) mass is 288 g/mol. The topological polar surface area (TPSA) is 32.3 Å². The Bertz CT molecular complexity index is 466. The summed E-state index contributed by atoms with van der Waals surface area (Å²) in [5.74, 6) is 1.81. The fourth-order valence-corrected chi connectivity index (χ4v) is 3.30. The number of nitrogens with zero attached hydrogens (tertiary/aromatic N) is 4. The second-order valence-electron chi connectivity index (χ2n) is 6.69. The van der Waals surface area contributed by atoms with Crippen molar-refractivity contribution in [1.29, 1.82) is 0 Å². The summed E-state index contributed by atoms with van der Waals surface area (Å²) in [7, 11) is 0. The number of piperidine rings is 1. The number of rotatable bonds is 4. The first-order valence-corrected chi connectivity index (χ1v) is 8.58. The smallest absolute Gasteiger partial charge is 0.225 e. The van der Waals surface area contributed by atoms with Crippen molar-refractivity contribution in [3.05, 3.63) is 17.5 Å². The van der Waals surface area contributed by atoms with Crippen molar-refractivity contribution in [2.24, 2.45) is 5.92 Å². The van der Waals surface area contributed by atoms with Crippen LogP contribution in [0.4, 0.5) is 5.95 Å². The summed E-state index contributed by atoms with van der Waals surface area (Å²) in [5.41, 5.74) is 2.62. The summed E-state index contributed by atoms with van der Waals surface area (Å²) in [5, 5.41) is 0. The zero-order chi connectivity index (χ0) is 14.7. The van der Waals surface area contributed by atoms with E-state index in [0.717, 1.165) is 44.5 Å². The van der Waals surface area contributed by atoms with Gasteiger partial charge in [0.05, 0.1) is 5.69 Å². The minimum atomic E-state index is 0.853. The van der Waals surface area contributed by atoms with E-state index in [4.69, 9.17) is 4.98 Å². The summed E-state index contributed by atoms with van der Waals surface area (Å²) < 4.78 is 0. The van der Waals surface area contributed by atoms with Crippen molar-refractivity contribution < 1.29 is 0 Å². The number of hydrogen-bond acceptors (Lipinski definition) is 4.